The monoisotopic (exact) mass is 325 g/mol. The summed E-state index contributed by atoms with van der Waals surface area (Å²) in [6, 6.07) is 8.43. The Bertz CT molecular complexity index is 667. The normalized spacial score (nSPS) is 16.2. The molecule has 1 fully saturated rings. The van der Waals surface area contributed by atoms with E-state index in [1.165, 1.54) is 18.4 Å². The zero-order valence-corrected chi connectivity index (χ0v) is 15.1. The van der Waals surface area contributed by atoms with Crippen LogP contribution in [0.15, 0.2) is 30.5 Å². The minimum Gasteiger partial charge on any atom is -0.355 e. The fraction of sp³-hybridized carbons (Fsp3) is 0.526. The molecule has 1 aromatic carbocycles. The van der Waals surface area contributed by atoms with Crippen LogP contribution in [0.4, 0.5) is 17.5 Å². The van der Waals surface area contributed by atoms with Crippen LogP contribution in [0.5, 0.6) is 0 Å². The average molecular weight is 325 g/mol. The van der Waals surface area contributed by atoms with Gasteiger partial charge in [0, 0.05) is 18.8 Å². The van der Waals surface area contributed by atoms with E-state index >= 15 is 0 Å². The fourth-order valence-corrected chi connectivity index (χ4v) is 2.92. The van der Waals surface area contributed by atoms with Crippen LogP contribution in [0.1, 0.15) is 46.1 Å². The molecule has 1 saturated heterocycles. The van der Waals surface area contributed by atoms with Crippen LogP contribution in [0.25, 0.3) is 0 Å². The summed E-state index contributed by atoms with van der Waals surface area (Å²) in [5.41, 5.74) is 2.44. The Kier molecular flexibility index (Phi) is 4.69. The van der Waals surface area contributed by atoms with E-state index in [4.69, 9.17) is 0 Å². The number of hydrogen-bond donors (Lipinski definition) is 1. The number of nitrogens with zero attached hydrogens (tertiary/aromatic N) is 4. The summed E-state index contributed by atoms with van der Waals surface area (Å²) in [6.45, 7) is 11.0. The molecule has 0 amide bonds. The third-order valence-electron chi connectivity index (χ3n) is 4.66. The predicted molar refractivity (Wildman–Crippen MR) is 98.9 cm³/mol. The predicted octanol–water partition coefficient (Wildman–Crippen LogP) is 4.15. The summed E-state index contributed by atoms with van der Waals surface area (Å²) in [7, 11) is 0. The first kappa shape index (κ1) is 16.7. The SMILES string of the molecule is CC1CCN(c2cnnc(Nc3ccc(C(C)(C)C)cc3)n2)CC1. The van der Waals surface area contributed by atoms with Gasteiger partial charge in [0.15, 0.2) is 5.82 Å². The van der Waals surface area contributed by atoms with Crippen LogP contribution in [0.2, 0.25) is 0 Å². The zero-order valence-electron chi connectivity index (χ0n) is 15.1. The Morgan fingerprint density at radius 1 is 1.08 bits per heavy atom. The van der Waals surface area contributed by atoms with E-state index in [2.05, 4.69) is 77.4 Å². The van der Waals surface area contributed by atoms with Crippen molar-refractivity contribution in [3.63, 3.8) is 0 Å². The standard InChI is InChI=1S/C19H27N5/c1-14-9-11-24(12-10-14)17-13-20-23-18(22-17)21-16-7-5-15(6-8-16)19(2,3)4/h5-8,13-14H,9-12H2,1-4H3,(H,21,22,23). The number of anilines is 3. The molecule has 0 atom stereocenters. The van der Waals surface area contributed by atoms with Crippen LogP contribution < -0.4 is 10.2 Å². The van der Waals surface area contributed by atoms with Crippen molar-refractivity contribution in [2.75, 3.05) is 23.3 Å². The lowest BCUT2D eigenvalue weighted by Gasteiger charge is -2.30. The molecular formula is C19H27N5. The highest BCUT2D eigenvalue weighted by atomic mass is 15.3. The molecule has 0 saturated carbocycles. The molecule has 1 aliphatic heterocycles. The lowest BCUT2D eigenvalue weighted by molar-refractivity contribution is 0.436. The fourth-order valence-electron chi connectivity index (χ4n) is 2.92. The van der Waals surface area contributed by atoms with Gasteiger partial charge in [-0.05, 0) is 41.9 Å². The maximum absolute atomic E-state index is 4.63. The van der Waals surface area contributed by atoms with Gasteiger partial charge in [-0.3, -0.25) is 0 Å². The molecule has 0 aliphatic carbocycles. The number of nitrogens with one attached hydrogen (secondary N) is 1. The summed E-state index contributed by atoms with van der Waals surface area (Å²) in [5.74, 6) is 2.26. The van der Waals surface area contributed by atoms with Gasteiger partial charge >= 0.3 is 0 Å². The van der Waals surface area contributed by atoms with Crippen molar-refractivity contribution < 1.29 is 0 Å². The van der Waals surface area contributed by atoms with Crippen molar-refractivity contribution in [3.05, 3.63) is 36.0 Å². The summed E-state index contributed by atoms with van der Waals surface area (Å²) >= 11 is 0. The lowest BCUT2D eigenvalue weighted by atomic mass is 9.87. The van der Waals surface area contributed by atoms with Crippen LogP contribution in [-0.4, -0.2) is 28.3 Å². The van der Waals surface area contributed by atoms with Gasteiger partial charge in [-0.2, -0.15) is 10.1 Å². The Morgan fingerprint density at radius 2 is 1.75 bits per heavy atom. The number of aromatic nitrogens is 3. The third-order valence-corrected chi connectivity index (χ3v) is 4.66. The molecule has 24 heavy (non-hydrogen) atoms. The molecule has 5 nitrogen and oxygen atoms in total. The maximum Gasteiger partial charge on any atom is 0.249 e. The van der Waals surface area contributed by atoms with Crippen molar-refractivity contribution in [3.8, 4) is 0 Å². The van der Waals surface area contributed by atoms with E-state index in [1.807, 2.05) is 0 Å². The molecule has 0 unspecified atom stereocenters. The van der Waals surface area contributed by atoms with Crippen molar-refractivity contribution in [1.29, 1.82) is 0 Å². The van der Waals surface area contributed by atoms with Crippen molar-refractivity contribution >= 4 is 17.5 Å². The second-order valence-electron chi connectivity index (χ2n) is 7.76. The first-order valence-electron chi connectivity index (χ1n) is 8.74. The average Bonchev–Trinajstić information content (AvgIpc) is 2.55. The Balaban J connectivity index is 1.70. The van der Waals surface area contributed by atoms with Gasteiger partial charge in [-0.1, -0.05) is 39.8 Å². The molecule has 2 aromatic rings. The van der Waals surface area contributed by atoms with Gasteiger partial charge < -0.3 is 10.2 Å². The van der Waals surface area contributed by atoms with Gasteiger partial charge in [-0.25, -0.2) is 0 Å². The Morgan fingerprint density at radius 3 is 2.38 bits per heavy atom. The van der Waals surface area contributed by atoms with Gasteiger partial charge in [0.2, 0.25) is 5.95 Å². The zero-order chi connectivity index (χ0) is 17.2. The largest absolute Gasteiger partial charge is 0.355 e. The van der Waals surface area contributed by atoms with Crippen molar-refractivity contribution in [1.82, 2.24) is 15.2 Å². The van der Waals surface area contributed by atoms with Crippen LogP contribution in [0.3, 0.4) is 0 Å². The van der Waals surface area contributed by atoms with Gasteiger partial charge in [0.05, 0.1) is 6.20 Å². The van der Waals surface area contributed by atoms with E-state index in [0.717, 1.165) is 30.5 Å². The third kappa shape index (κ3) is 4.02. The van der Waals surface area contributed by atoms with E-state index in [0.29, 0.717) is 5.95 Å². The molecule has 128 valence electrons. The second kappa shape index (κ2) is 6.75. The minimum absolute atomic E-state index is 0.155. The molecule has 0 bridgehead atoms. The van der Waals surface area contributed by atoms with Crippen molar-refractivity contribution in [2.45, 2.75) is 46.0 Å². The number of hydrogen-bond acceptors (Lipinski definition) is 5. The smallest absolute Gasteiger partial charge is 0.249 e. The minimum atomic E-state index is 0.155. The molecule has 2 heterocycles. The first-order chi connectivity index (χ1) is 11.4. The van der Waals surface area contributed by atoms with Gasteiger partial charge in [0.25, 0.3) is 0 Å². The van der Waals surface area contributed by atoms with Crippen LogP contribution >= 0.6 is 0 Å². The topological polar surface area (TPSA) is 53.9 Å². The van der Waals surface area contributed by atoms with E-state index in [1.54, 1.807) is 6.20 Å². The maximum atomic E-state index is 4.63. The van der Waals surface area contributed by atoms with E-state index < -0.39 is 0 Å². The Hall–Kier alpha value is -2.17. The summed E-state index contributed by atoms with van der Waals surface area (Å²) in [6.07, 6.45) is 4.17. The van der Waals surface area contributed by atoms with Gasteiger partial charge in [0.1, 0.15) is 0 Å². The summed E-state index contributed by atoms with van der Waals surface area (Å²) < 4.78 is 0. The quantitative estimate of drug-likeness (QED) is 0.919. The number of rotatable bonds is 3. The molecule has 5 heteroatoms. The van der Waals surface area contributed by atoms with Crippen LogP contribution in [-0.2, 0) is 5.41 Å². The summed E-state index contributed by atoms with van der Waals surface area (Å²) in [5, 5.41) is 11.5. The second-order valence-corrected chi connectivity index (χ2v) is 7.76. The molecule has 0 radical (unpaired) electrons. The first-order valence-corrected chi connectivity index (χ1v) is 8.74. The molecular weight excluding hydrogens is 298 g/mol. The molecule has 1 N–H and O–H groups in total. The number of benzene rings is 1. The highest BCUT2D eigenvalue weighted by Crippen LogP contribution is 2.25. The van der Waals surface area contributed by atoms with Crippen molar-refractivity contribution in [2.24, 2.45) is 5.92 Å². The highest BCUT2D eigenvalue weighted by Gasteiger charge is 2.18. The highest BCUT2D eigenvalue weighted by molar-refractivity contribution is 5.55. The number of piperidine rings is 1. The lowest BCUT2D eigenvalue weighted by Crippen LogP contribution is -2.33. The molecule has 1 aromatic heterocycles. The summed E-state index contributed by atoms with van der Waals surface area (Å²) in [4.78, 5) is 6.92. The van der Waals surface area contributed by atoms with Gasteiger partial charge in [-0.15, -0.1) is 5.10 Å². The van der Waals surface area contributed by atoms with Crippen LogP contribution in [0, 0.1) is 5.92 Å². The van der Waals surface area contributed by atoms with E-state index in [9.17, 15) is 0 Å². The molecule has 3 rings (SSSR count). The van der Waals surface area contributed by atoms with E-state index in [-0.39, 0.29) is 5.41 Å². The Labute approximate surface area is 144 Å². The molecule has 1 aliphatic rings. The molecule has 0 spiro atoms.